The fourth-order valence-electron chi connectivity index (χ4n) is 1.57. The van der Waals surface area contributed by atoms with Crippen molar-refractivity contribution in [3.8, 4) is 0 Å². The van der Waals surface area contributed by atoms with Gasteiger partial charge in [-0.2, -0.15) is 0 Å². The number of imide groups is 1. The van der Waals surface area contributed by atoms with Crippen molar-refractivity contribution in [2.75, 3.05) is 13.7 Å². The number of nitrogens with one attached hydrogen (secondary N) is 1. The van der Waals surface area contributed by atoms with E-state index in [1.54, 1.807) is 11.1 Å². The van der Waals surface area contributed by atoms with E-state index in [1.807, 2.05) is 35.4 Å². The standard InChI is InChI=1S/C10H15IN2O4/c1-13(5-4-9(15)12-7-14)10-3-2-8(17-10)6-16-11/h4-5,7-8,10H,2-3,6H2,1H3,(H,12,14,15)/b5-4-. The van der Waals surface area contributed by atoms with Gasteiger partial charge in [-0.05, 0) is 12.8 Å². The van der Waals surface area contributed by atoms with Crippen LogP contribution in [-0.4, -0.2) is 43.2 Å². The Bertz CT molecular complexity index is 298. The van der Waals surface area contributed by atoms with Gasteiger partial charge in [0.15, 0.2) is 0 Å². The first-order valence-electron chi connectivity index (χ1n) is 5.20. The molecule has 17 heavy (non-hydrogen) atoms. The highest BCUT2D eigenvalue weighted by molar-refractivity contribution is 14.1. The van der Waals surface area contributed by atoms with Crippen molar-refractivity contribution in [1.29, 1.82) is 0 Å². The monoisotopic (exact) mass is 354 g/mol. The lowest BCUT2D eigenvalue weighted by Gasteiger charge is -2.22. The van der Waals surface area contributed by atoms with Crippen LogP contribution in [0.2, 0.25) is 0 Å². The Morgan fingerprint density at radius 1 is 1.65 bits per heavy atom. The van der Waals surface area contributed by atoms with E-state index < -0.39 is 5.91 Å². The molecule has 7 heteroatoms. The molecule has 0 aromatic rings. The fourth-order valence-corrected chi connectivity index (χ4v) is 1.97. The van der Waals surface area contributed by atoms with E-state index in [1.165, 1.54) is 6.08 Å². The second-order valence-corrected chi connectivity index (χ2v) is 4.30. The number of hydrogen-bond acceptors (Lipinski definition) is 5. The molecule has 0 aromatic heterocycles. The second-order valence-electron chi connectivity index (χ2n) is 3.67. The Labute approximate surface area is 114 Å². The first-order valence-corrected chi connectivity index (χ1v) is 6.08. The molecule has 0 spiro atoms. The van der Waals surface area contributed by atoms with Gasteiger partial charge in [0.1, 0.15) is 29.2 Å². The molecular formula is C10H15IN2O4. The molecule has 1 aliphatic rings. The third kappa shape index (κ3) is 5.00. The Kier molecular flexibility index (Phi) is 6.45. The second kappa shape index (κ2) is 7.62. The molecule has 1 N–H and O–H groups in total. The quantitative estimate of drug-likeness (QED) is 0.429. The summed E-state index contributed by atoms with van der Waals surface area (Å²) in [7, 11) is 1.82. The molecule has 96 valence electrons. The lowest BCUT2D eigenvalue weighted by molar-refractivity contribution is -0.121. The van der Waals surface area contributed by atoms with E-state index >= 15 is 0 Å². The smallest absolute Gasteiger partial charge is 0.251 e. The van der Waals surface area contributed by atoms with Crippen molar-refractivity contribution in [3.05, 3.63) is 12.3 Å². The predicted octanol–water partition coefficient (Wildman–Crippen LogP) is 0.576. The minimum atomic E-state index is -0.447. The van der Waals surface area contributed by atoms with E-state index in [9.17, 15) is 9.59 Å². The average Bonchev–Trinajstić information content (AvgIpc) is 2.75. The molecule has 0 aliphatic carbocycles. The predicted molar refractivity (Wildman–Crippen MR) is 69.0 cm³/mol. The summed E-state index contributed by atoms with van der Waals surface area (Å²) in [4.78, 5) is 22.8. The molecule has 2 atom stereocenters. The molecule has 1 saturated heterocycles. The van der Waals surface area contributed by atoms with Crippen LogP contribution in [-0.2, 0) is 17.4 Å². The van der Waals surface area contributed by atoms with Gasteiger partial charge in [0.25, 0.3) is 5.91 Å². The van der Waals surface area contributed by atoms with Gasteiger partial charge >= 0.3 is 0 Å². The zero-order valence-electron chi connectivity index (χ0n) is 9.47. The molecule has 0 bridgehead atoms. The molecule has 1 aliphatic heterocycles. The topological polar surface area (TPSA) is 67.9 Å². The van der Waals surface area contributed by atoms with Crippen LogP contribution in [0.5, 0.6) is 0 Å². The third-order valence-corrected chi connectivity index (χ3v) is 2.81. The van der Waals surface area contributed by atoms with Crippen LogP contribution in [0, 0.1) is 0 Å². The summed E-state index contributed by atoms with van der Waals surface area (Å²) in [5.41, 5.74) is 0. The van der Waals surface area contributed by atoms with Gasteiger partial charge in [-0.1, -0.05) is 0 Å². The minimum absolute atomic E-state index is 0.0492. The van der Waals surface area contributed by atoms with Crippen LogP contribution in [0.4, 0.5) is 0 Å². The van der Waals surface area contributed by atoms with Crippen molar-refractivity contribution in [2.24, 2.45) is 0 Å². The average molecular weight is 354 g/mol. The lowest BCUT2D eigenvalue weighted by Crippen LogP contribution is -2.28. The van der Waals surface area contributed by atoms with Crippen molar-refractivity contribution in [1.82, 2.24) is 10.2 Å². The van der Waals surface area contributed by atoms with E-state index in [4.69, 9.17) is 7.80 Å². The van der Waals surface area contributed by atoms with Gasteiger partial charge in [0.05, 0.1) is 12.7 Å². The van der Waals surface area contributed by atoms with Crippen molar-refractivity contribution in [2.45, 2.75) is 25.2 Å². The molecule has 1 fully saturated rings. The highest BCUT2D eigenvalue weighted by Crippen LogP contribution is 2.22. The number of halogens is 1. The number of rotatable bonds is 6. The van der Waals surface area contributed by atoms with Gasteiger partial charge < -0.3 is 12.7 Å². The first-order chi connectivity index (χ1) is 8.17. The Morgan fingerprint density at radius 3 is 3.06 bits per heavy atom. The molecule has 6 nitrogen and oxygen atoms in total. The van der Waals surface area contributed by atoms with Crippen molar-refractivity contribution in [3.63, 3.8) is 0 Å². The molecule has 1 rings (SSSR count). The highest BCUT2D eigenvalue weighted by Gasteiger charge is 2.27. The SMILES string of the molecule is CN(/C=C\C(=O)NC=O)C1CCC(COI)O1. The van der Waals surface area contributed by atoms with Gasteiger partial charge in [-0.15, -0.1) is 0 Å². The van der Waals surface area contributed by atoms with Crippen molar-refractivity contribution >= 4 is 35.3 Å². The van der Waals surface area contributed by atoms with Gasteiger partial charge in [-0.25, -0.2) is 0 Å². The first kappa shape index (κ1) is 14.4. The van der Waals surface area contributed by atoms with E-state index in [2.05, 4.69) is 0 Å². The van der Waals surface area contributed by atoms with E-state index in [-0.39, 0.29) is 12.3 Å². The number of nitrogens with zero attached hydrogens (tertiary/aromatic N) is 1. The van der Waals surface area contributed by atoms with Gasteiger partial charge in [0, 0.05) is 19.3 Å². The summed E-state index contributed by atoms with van der Waals surface area (Å²) < 4.78 is 10.7. The molecular weight excluding hydrogens is 339 g/mol. The Balaban J connectivity index is 2.36. The van der Waals surface area contributed by atoms with Gasteiger partial charge in [-0.3, -0.25) is 14.9 Å². The maximum Gasteiger partial charge on any atom is 0.251 e. The lowest BCUT2D eigenvalue weighted by atomic mass is 10.2. The number of carbonyl (C=O) groups excluding carboxylic acids is 2. The maximum absolute atomic E-state index is 11.0. The summed E-state index contributed by atoms with van der Waals surface area (Å²) >= 11 is 1.84. The molecule has 2 unspecified atom stereocenters. The third-order valence-electron chi connectivity index (χ3n) is 2.45. The van der Waals surface area contributed by atoms with Crippen LogP contribution in [0.3, 0.4) is 0 Å². The number of ether oxygens (including phenoxy) is 1. The number of amides is 2. The summed E-state index contributed by atoms with van der Waals surface area (Å²) in [6.07, 6.45) is 5.12. The van der Waals surface area contributed by atoms with Gasteiger partial charge in [0.2, 0.25) is 6.41 Å². The fraction of sp³-hybridized carbons (Fsp3) is 0.600. The zero-order chi connectivity index (χ0) is 12.7. The summed E-state index contributed by atoms with van der Waals surface area (Å²) in [6, 6.07) is 0. The summed E-state index contributed by atoms with van der Waals surface area (Å²) in [5.74, 6) is -0.447. The minimum Gasteiger partial charge on any atom is -0.355 e. The summed E-state index contributed by atoms with van der Waals surface area (Å²) in [6.45, 7) is 0.570. The molecule has 1 heterocycles. The molecule has 0 aromatic carbocycles. The van der Waals surface area contributed by atoms with Crippen molar-refractivity contribution < 1.29 is 17.4 Å². The van der Waals surface area contributed by atoms with Crippen LogP contribution < -0.4 is 5.32 Å². The molecule has 0 radical (unpaired) electrons. The Hall–Kier alpha value is -0.670. The van der Waals surface area contributed by atoms with E-state index in [0.717, 1.165) is 12.8 Å². The Morgan fingerprint density at radius 2 is 2.41 bits per heavy atom. The van der Waals surface area contributed by atoms with Crippen LogP contribution in [0.1, 0.15) is 12.8 Å². The zero-order valence-corrected chi connectivity index (χ0v) is 11.6. The van der Waals surface area contributed by atoms with E-state index in [0.29, 0.717) is 13.0 Å². The molecule has 2 amide bonds. The number of hydrogen-bond donors (Lipinski definition) is 1. The largest absolute Gasteiger partial charge is 0.355 e. The number of carbonyl (C=O) groups is 2. The highest BCUT2D eigenvalue weighted by atomic mass is 127. The summed E-state index contributed by atoms with van der Waals surface area (Å²) in [5, 5.41) is 2.03. The van der Waals surface area contributed by atoms with Crippen LogP contribution >= 0.6 is 23.0 Å². The maximum atomic E-state index is 11.0. The van der Waals surface area contributed by atoms with Crippen LogP contribution in [0.15, 0.2) is 12.3 Å². The normalized spacial score (nSPS) is 23.9. The van der Waals surface area contributed by atoms with Crippen LogP contribution in [0.25, 0.3) is 0 Å². The molecule has 0 saturated carbocycles.